The molecule has 0 spiro atoms. The van der Waals surface area contributed by atoms with Crippen molar-refractivity contribution in [3.05, 3.63) is 71.8 Å². The summed E-state index contributed by atoms with van der Waals surface area (Å²) in [5, 5.41) is 0. The van der Waals surface area contributed by atoms with Crippen molar-refractivity contribution in [3.8, 4) is 0 Å². The molecule has 2 unspecified atom stereocenters. The molecule has 20 heteroatoms. The molecule has 15 nitrogen and oxygen atoms in total. The molecular weight excluding hydrogens is 844 g/mol. The Morgan fingerprint density at radius 2 is 1.22 bits per heavy atom. The van der Waals surface area contributed by atoms with Crippen LogP contribution >= 0.6 is 8.53 Å². The van der Waals surface area contributed by atoms with Crippen LogP contribution in [0.15, 0.2) is 60.7 Å². The Kier molecular flexibility index (Phi) is 21.7. The van der Waals surface area contributed by atoms with Crippen molar-refractivity contribution in [2.24, 2.45) is 0 Å². The van der Waals surface area contributed by atoms with Crippen LogP contribution in [0, 0.1) is 0 Å². The van der Waals surface area contributed by atoms with Crippen LogP contribution in [0.1, 0.15) is 58.8 Å². The largest absolute Gasteiger partial charge is 0.659 e. The lowest BCUT2D eigenvalue weighted by Gasteiger charge is -2.41. The number of nitrogens with zero attached hydrogens (tertiary/aromatic N) is 1. The van der Waals surface area contributed by atoms with E-state index in [9.17, 15) is 9.59 Å². The summed E-state index contributed by atoms with van der Waals surface area (Å²) in [6.07, 6.45) is -3.40. The molecule has 1 aliphatic heterocycles. The number of hydrogen-bond donors (Lipinski definition) is 0. The second-order valence-corrected chi connectivity index (χ2v) is 29.7. The summed E-state index contributed by atoms with van der Waals surface area (Å²) in [4.78, 5) is 22.9. The normalized spacial score (nSPS) is 19.5. The van der Waals surface area contributed by atoms with Crippen LogP contribution in [0.5, 0.6) is 0 Å². The van der Waals surface area contributed by atoms with Gasteiger partial charge >= 0.3 is 21.0 Å². The van der Waals surface area contributed by atoms with Gasteiger partial charge in [0, 0.05) is 39.0 Å². The Balaban J connectivity index is 2.09. The molecule has 2 radical (unpaired) electrons. The van der Waals surface area contributed by atoms with E-state index in [2.05, 4.69) is 71.6 Å². The molecule has 1 heterocycles. The molecule has 1 fully saturated rings. The highest BCUT2D eigenvalue weighted by atomic mass is 31.2. The number of carbonyl (C=O) groups excluding carboxylic acids is 2. The second kappa shape index (κ2) is 24.8. The average Bonchev–Trinajstić information content (AvgIpc) is 3.44. The summed E-state index contributed by atoms with van der Waals surface area (Å²) in [6.45, 7) is 21.4. The van der Waals surface area contributed by atoms with Crippen molar-refractivity contribution in [1.29, 1.82) is 0 Å². The standard InChI is InChI=1S/C40H67BNO14PSi3/c1-29(2)42(30(3)4)57(45-7)53-37-35(51-39(41)38(37)52-40(48-26-24-46-31(5)43)49-27-25-47-32(6)44)28-50-60(55-58(8,9)10,56-59(11,12)13)54-36(33-20-16-14-17-21-33)34-22-18-15-19-23-34/h14-23,29-30,35-40H,24-28H2,1-13H3/t35-,37?,38+,39-,57?/m1/s1. The van der Waals surface area contributed by atoms with Gasteiger partial charge in [0.15, 0.2) is 16.6 Å². The second-order valence-electron chi connectivity index (χ2n) is 16.6. The summed E-state index contributed by atoms with van der Waals surface area (Å²) in [5.74, 6) is -0.943. The molecule has 2 aromatic rings. The van der Waals surface area contributed by atoms with Crippen molar-refractivity contribution in [3.63, 3.8) is 0 Å². The molecule has 0 bridgehead atoms. The zero-order chi connectivity index (χ0) is 44.7. The van der Waals surface area contributed by atoms with E-state index in [1.54, 1.807) is 7.11 Å². The Bertz CT molecular complexity index is 1470. The zero-order valence-electron chi connectivity index (χ0n) is 37.6. The molecule has 1 aliphatic rings. The SMILES string of the molecule is [B][C@@H]1O[C@H](CO[Si](OC(c2ccccc2)c2ccccc2)(O[Si](C)(C)C)O[Si](C)(C)C)C(OP(OC)N(C(C)C)C(C)C)[C@@H]1OC(OCCOC(C)=O)OCCOC(C)=O. The minimum absolute atomic E-state index is 0.0414. The minimum atomic E-state index is -4.10. The smallest absolute Gasteiger partial charge is 0.463 e. The lowest BCUT2D eigenvalue weighted by Crippen LogP contribution is -2.60. The number of benzene rings is 2. The molecule has 3 rings (SSSR count). The monoisotopic (exact) mass is 911 g/mol. The van der Waals surface area contributed by atoms with Crippen molar-refractivity contribution >= 4 is 54.0 Å². The van der Waals surface area contributed by atoms with Crippen LogP contribution in [0.4, 0.5) is 0 Å². The van der Waals surface area contributed by atoms with Crippen molar-refractivity contribution in [2.45, 2.75) is 130 Å². The van der Waals surface area contributed by atoms with Crippen LogP contribution in [0.2, 0.25) is 39.3 Å². The van der Waals surface area contributed by atoms with Gasteiger partial charge in [-0.05, 0) is 78.1 Å². The van der Waals surface area contributed by atoms with Gasteiger partial charge < -0.3 is 54.6 Å². The van der Waals surface area contributed by atoms with Gasteiger partial charge in [-0.3, -0.25) is 9.59 Å². The fraction of sp³-hybridized carbons (Fsp3) is 0.650. The number of ether oxygens (including phenoxy) is 6. The molecule has 0 aliphatic carbocycles. The Hall–Kier alpha value is -1.91. The fourth-order valence-corrected chi connectivity index (χ4v) is 16.2. The molecule has 0 amide bonds. The van der Waals surface area contributed by atoms with Gasteiger partial charge in [-0.15, -0.1) is 0 Å². The maximum Gasteiger partial charge on any atom is 0.659 e. The molecule has 0 aromatic heterocycles. The topological polar surface area (TPSA) is 148 Å². The summed E-state index contributed by atoms with van der Waals surface area (Å²) in [7, 11) is -2.40. The predicted molar refractivity (Wildman–Crippen MR) is 236 cm³/mol. The van der Waals surface area contributed by atoms with E-state index >= 15 is 0 Å². The van der Waals surface area contributed by atoms with E-state index in [1.807, 2.05) is 60.7 Å². The van der Waals surface area contributed by atoms with Gasteiger partial charge in [-0.2, -0.15) is 0 Å². The van der Waals surface area contributed by atoms with Gasteiger partial charge in [-0.25, -0.2) is 4.67 Å². The van der Waals surface area contributed by atoms with Gasteiger partial charge in [0.05, 0.1) is 19.8 Å². The summed E-state index contributed by atoms with van der Waals surface area (Å²) in [6, 6.07) is 18.8. The molecule has 2 aromatic carbocycles. The highest BCUT2D eigenvalue weighted by molar-refractivity contribution is 7.44. The van der Waals surface area contributed by atoms with E-state index in [0.717, 1.165) is 11.1 Å². The first-order valence-electron chi connectivity index (χ1n) is 20.3. The molecule has 1 saturated heterocycles. The number of rotatable bonds is 27. The van der Waals surface area contributed by atoms with E-state index in [-0.39, 0.29) is 45.1 Å². The highest BCUT2D eigenvalue weighted by Gasteiger charge is 2.56. The Morgan fingerprint density at radius 1 is 0.750 bits per heavy atom. The average molecular weight is 912 g/mol. The highest BCUT2D eigenvalue weighted by Crippen LogP contribution is 2.49. The number of hydrogen-bond acceptors (Lipinski definition) is 15. The van der Waals surface area contributed by atoms with Crippen LogP contribution in [0.25, 0.3) is 0 Å². The van der Waals surface area contributed by atoms with Crippen molar-refractivity contribution in [1.82, 2.24) is 4.67 Å². The molecular formula is C40H67BNO14PSi3. The summed E-state index contributed by atoms with van der Waals surface area (Å²) in [5.41, 5.74) is 1.80. The quantitative estimate of drug-likeness (QED) is 0.0296. The Labute approximate surface area is 363 Å². The van der Waals surface area contributed by atoms with Gasteiger partial charge in [0.1, 0.15) is 45.5 Å². The first-order valence-corrected chi connectivity index (χ1v) is 29.9. The molecule has 0 saturated carbocycles. The summed E-state index contributed by atoms with van der Waals surface area (Å²) < 4.78 is 77.8. The van der Waals surface area contributed by atoms with Crippen LogP contribution in [-0.2, 0) is 64.1 Å². The number of esters is 2. The maximum absolute atomic E-state index is 11.5. The maximum atomic E-state index is 11.5. The third-order valence-corrected chi connectivity index (χ3v) is 18.2. The third-order valence-electron chi connectivity index (χ3n) is 8.27. The third kappa shape index (κ3) is 18.1. The van der Waals surface area contributed by atoms with Crippen molar-refractivity contribution < 1.29 is 64.1 Å². The minimum Gasteiger partial charge on any atom is -0.463 e. The Morgan fingerprint density at radius 3 is 1.62 bits per heavy atom. The summed E-state index contributed by atoms with van der Waals surface area (Å²) >= 11 is 0. The van der Waals surface area contributed by atoms with E-state index < -0.39 is 83.0 Å². The first-order chi connectivity index (χ1) is 28.1. The molecule has 0 N–H and O–H groups in total. The zero-order valence-corrected chi connectivity index (χ0v) is 41.5. The van der Waals surface area contributed by atoms with E-state index in [0.29, 0.717) is 0 Å². The van der Waals surface area contributed by atoms with Crippen LogP contribution < -0.4 is 0 Å². The molecule has 5 atom stereocenters. The lowest BCUT2D eigenvalue weighted by atomic mass is 9.93. The molecule has 60 heavy (non-hydrogen) atoms. The number of carbonyl (C=O) groups is 2. The lowest BCUT2D eigenvalue weighted by molar-refractivity contribution is -0.314. The molecule has 336 valence electrons. The van der Waals surface area contributed by atoms with E-state index in [1.165, 1.54) is 13.8 Å². The first kappa shape index (κ1) is 52.4. The fourth-order valence-electron chi connectivity index (χ4n) is 6.18. The van der Waals surface area contributed by atoms with Gasteiger partial charge in [-0.1, -0.05) is 60.7 Å². The van der Waals surface area contributed by atoms with Gasteiger partial charge in [0.25, 0.3) is 15.0 Å². The van der Waals surface area contributed by atoms with Gasteiger partial charge in [0.2, 0.25) is 0 Å². The van der Waals surface area contributed by atoms with Crippen LogP contribution in [0.3, 0.4) is 0 Å². The van der Waals surface area contributed by atoms with Crippen LogP contribution in [-0.4, -0.2) is 133 Å². The van der Waals surface area contributed by atoms with Crippen molar-refractivity contribution in [2.75, 3.05) is 40.1 Å². The van der Waals surface area contributed by atoms with E-state index in [4.69, 9.17) is 62.4 Å². The predicted octanol–water partition coefficient (Wildman–Crippen LogP) is 7.05.